The van der Waals surface area contributed by atoms with Crippen LogP contribution in [0.1, 0.15) is 39.5 Å². The third-order valence-corrected chi connectivity index (χ3v) is 7.55. The Balaban J connectivity index is 1.33. The Morgan fingerprint density at radius 3 is 2.45 bits per heavy atom. The first-order valence-electron chi connectivity index (χ1n) is 12.9. The summed E-state index contributed by atoms with van der Waals surface area (Å²) in [7, 11) is 2.16. The second-order valence-corrected chi connectivity index (χ2v) is 10.9. The molecule has 1 saturated heterocycles. The van der Waals surface area contributed by atoms with Gasteiger partial charge in [-0.25, -0.2) is 0 Å². The van der Waals surface area contributed by atoms with Crippen LogP contribution in [0.15, 0.2) is 77.9 Å². The average molecular weight is 528 g/mol. The van der Waals surface area contributed by atoms with E-state index in [1.807, 2.05) is 56.6 Å². The number of thioether (sulfide) groups is 1. The molecule has 38 heavy (non-hydrogen) atoms. The van der Waals surface area contributed by atoms with Crippen molar-refractivity contribution < 1.29 is 4.79 Å². The molecule has 2 N–H and O–H groups in total. The van der Waals surface area contributed by atoms with Gasteiger partial charge >= 0.3 is 0 Å². The lowest BCUT2D eigenvalue weighted by Gasteiger charge is -2.32. The number of rotatable bonds is 9. The van der Waals surface area contributed by atoms with Crippen LogP contribution >= 0.6 is 11.8 Å². The highest BCUT2D eigenvalue weighted by Gasteiger charge is 2.14. The molecule has 7 heteroatoms. The van der Waals surface area contributed by atoms with E-state index >= 15 is 0 Å². The molecule has 0 aliphatic carbocycles. The van der Waals surface area contributed by atoms with Gasteiger partial charge in [0, 0.05) is 62.1 Å². The second kappa shape index (κ2) is 12.9. The number of pyridine rings is 1. The summed E-state index contributed by atoms with van der Waals surface area (Å²) in [6, 6.07) is 15.9. The van der Waals surface area contributed by atoms with Crippen LogP contribution in [0.5, 0.6) is 0 Å². The smallest absolute Gasteiger partial charge is 0.255 e. The van der Waals surface area contributed by atoms with Crippen LogP contribution in [-0.4, -0.2) is 53.9 Å². The molecule has 0 bridgehead atoms. The Labute approximate surface area is 230 Å². The molecule has 1 fully saturated rings. The normalized spacial score (nSPS) is 14.8. The maximum absolute atomic E-state index is 12.9. The summed E-state index contributed by atoms with van der Waals surface area (Å²) in [4.78, 5) is 22.0. The first-order valence-corrected chi connectivity index (χ1v) is 13.8. The van der Waals surface area contributed by atoms with E-state index in [1.165, 1.54) is 17.3 Å². The van der Waals surface area contributed by atoms with Gasteiger partial charge in [0.25, 0.3) is 5.91 Å². The van der Waals surface area contributed by atoms with E-state index in [-0.39, 0.29) is 5.91 Å². The van der Waals surface area contributed by atoms with Gasteiger partial charge in [-0.1, -0.05) is 36.5 Å². The SMILES string of the molecule is C=C(Nc1cc(NC(=O)c2ccc(CN3CCN(C)CC3)cc2)ccc1C)S/C=C(\C)c1cncc(C)c1. The fraction of sp³-hybridized carbons (Fsp3) is 0.290. The molecule has 0 atom stereocenters. The van der Waals surface area contributed by atoms with Crippen molar-refractivity contribution in [2.24, 2.45) is 0 Å². The summed E-state index contributed by atoms with van der Waals surface area (Å²) in [5, 5.41) is 9.28. The Morgan fingerprint density at radius 1 is 1.00 bits per heavy atom. The standard InChI is InChI=1S/C31H37N5OS/c1-22-16-28(19-32-18-22)24(3)21-38-25(4)33-30-17-29(11-6-23(30)2)34-31(37)27-9-7-26(8-10-27)20-36-14-12-35(5)13-15-36/h6-11,16-19,21,33H,4,12-15,20H2,1-3,5H3,(H,34,37)/b24-21+. The number of nitrogens with zero attached hydrogens (tertiary/aromatic N) is 3. The number of likely N-dealkylation sites (N-methyl/N-ethyl adjacent to an activating group) is 1. The van der Waals surface area contributed by atoms with Gasteiger partial charge in [-0.15, -0.1) is 0 Å². The van der Waals surface area contributed by atoms with Crippen LogP contribution < -0.4 is 10.6 Å². The topological polar surface area (TPSA) is 60.5 Å². The summed E-state index contributed by atoms with van der Waals surface area (Å²) < 4.78 is 0. The van der Waals surface area contributed by atoms with Crippen LogP contribution in [-0.2, 0) is 6.54 Å². The number of piperazine rings is 1. The largest absolute Gasteiger partial charge is 0.350 e. The molecule has 0 radical (unpaired) electrons. The number of carbonyl (C=O) groups excluding carboxylic acids is 1. The number of carbonyl (C=O) groups is 1. The van der Waals surface area contributed by atoms with Crippen LogP contribution in [0.25, 0.3) is 5.57 Å². The van der Waals surface area contributed by atoms with E-state index in [4.69, 9.17) is 0 Å². The van der Waals surface area contributed by atoms with Gasteiger partial charge in [-0.3, -0.25) is 14.7 Å². The molecule has 2 heterocycles. The minimum atomic E-state index is -0.121. The van der Waals surface area contributed by atoms with Crippen LogP contribution in [0.4, 0.5) is 11.4 Å². The lowest BCUT2D eigenvalue weighted by Crippen LogP contribution is -2.43. The monoisotopic (exact) mass is 527 g/mol. The van der Waals surface area contributed by atoms with Crippen molar-refractivity contribution in [1.29, 1.82) is 0 Å². The number of benzene rings is 2. The number of amides is 1. The number of hydrogen-bond acceptors (Lipinski definition) is 6. The van der Waals surface area contributed by atoms with E-state index in [2.05, 4.69) is 69.6 Å². The minimum absolute atomic E-state index is 0.121. The van der Waals surface area contributed by atoms with Crippen molar-refractivity contribution in [2.75, 3.05) is 43.9 Å². The summed E-state index contributed by atoms with van der Waals surface area (Å²) in [6.45, 7) is 15.6. The highest BCUT2D eigenvalue weighted by atomic mass is 32.2. The number of allylic oxidation sites excluding steroid dienone is 1. The van der Waals surface area contributed by atoms with Crippen molar-refractivity contribution in [1.82, 2.24) is 14.8 Å². The summed E-state index contributed by atoms with van der Waals surface area (Å²) in [5.41, 5.74) is 7.95. The molecule has 2 aromatic carbocycles. The zero-order valence-electron chi connectivity index (χ0n) is 22.8. The van der Waals surface area contributed by atoms with Crippen molar-refractivity contribution in [2.45, 2.75) is 27.3 Å². The van der Waals surface area contributed by atoms with E-state index in [0.717, 1.165) is 71.4 Å². The van der Waals surface area contributed by atoms with Gasteiger partial charge in [0.1, 0.15) is 0 Å². The zero-order valence-corrected chi connectivity index (χ0v) is 23.6. The first-order chi connectivity index (χ1) is 18.3. The van der Waals surface area contributed by atoms with E-state index in [0.29, 0.717) is 5.56 Å². The molecule has 3 aromatic rings. The zero-order chi connectivity index (χ0) is 27.1. The van der Waals surface area contributed by atoms with Gasteiger partial charge in [-0.2, -0.15) is 0 Å². The molecule has 1 aliphatic heterocycles. The maximum Gasteiger partial charge on any atom is 0.255 e. The Hall–Kier alpha value is -3.39. The highest BCUT2D eigenvalue weighted by Crippen LogP contribution is 2.27. The predicted octanol–water partition coefficient (Wildman–Crippen LogP) is 6.38. The summed E-state index contributed by atoms with van der Waals surface area (Å²) in [5.74, 6) is -0.121. The molecule has 6 nitrogen and oxygen atoms in total. The lowest BCUT2D eigenvalue weighted by atomic mass is 10.1. The van der Waals surface area contributed by atoms with E-state index < -0.39 is 0 Å². The Morgan fingerprint density at radius 2 is 1.74 bits per heavy atom. The number of nitrogens with one attached hydrogen (secondary N) is 2. The number of aromatic nitrogens is 1. The van der Waals surface area contributed by atoms with E-state index in [1.54, 1.807) is 0 Å². The molecule has 4 rings (SSSR count). The third-order valence-electron chi connectivity index (χ3n) is 6.70. The maximum atomic E-state index is 12.9. The third kappa shape index (κ3) is 7.81. The van der Waals surface area contributed by atoms with Crippen LogP contribution in [0.2, 0.25) is 0 Å². The number of hydrogen-bond donors (Lipinski definition) is 2. The molecule has 0 unspecified atom stereocenters. The fourth-order valence-corrected chi connectivity index (χ4v) is 4.87. The number of anilines is 2. The molecular formula is C31H37N5OS. The van der Waals surface area contributed by atoms with Crippen LogP contribution in [0, 0.1) is 13.8 Å². The minimum Gasteiger partial charge on any atom is -0.350 e. The molecular weight excluding hydrogens is 490 g/mol. The highest BCUT2D eigenvalue weighted by molar-refractivity contribution is 8.06. The van der Waals surface area contributed by atoms with Gasteiger partial charge in [0.05, 0.1) is 5.03 Å². The second-order valence-electron chi connectivity index (χ2n) is 9.98. The van der Waals surface area contributed by atoms with Gasteiger partial charge < -0.3 is 15.5 Å². The lowest BCUT2D eigenvalue weighted by molar-refractivity contribution is 0.102. The molecule has 0 saturated carbocycles. The number of aryl methyl sites for hydroxylation is 2. The Kier molecular flexibility index (Phi) is 9.39. The van der Waals surface area contributed by atoms with Gasteiger partial charge in [0.2, 0.25) is 0 Å². The first kappa shape index (κ1) is 27.6. The van der Waals surface area contributed by atoms with Gasteiger partial charge in [-0.05, 0) is 91.4 Å². The fourth-order valence-electron chi connectivity index (χ4n) is 4.24. The van der Waals surface area contributed by atoms with Crippen molar-refractivity contribution in [3.05, 3.63) is 106 Å². The van der Waals surface area contributed by atoms with Gasteiger partial charge in [0.15, 0.2) is 0 Å². The van der Waals surface area contributed by atoms with Crippen molar-refractivity contribution >= 4 is 34.6 Å². The Bertz CT molecular complexity index is 1310. The average Bonchev–Trinajstić information content (AvgIpc) is 2.91. The van der Waals surface area contributed by atoms with E-state index in [9.17, 15) is 4.79 Å². The molecule has 198 valence electrons. The molecule has 1 amide bonds. The predicted molar refractivity (Wildman–Crippen MR) is 161 cm³/mol. The quantitative estimate of drug-likeness (QED) is 0.337. The molecule has 1 aliphatic rings. The van der Waals surface area contributed by atoms with Crippen molar-refractivity contribution in [3.8, 4) is 0 Å². The van der Waals surface area contributed by atoms with Crippen LogP contribution in [0.3, 0.4) is 0 Å². The van der Waals surface area contributed by atoms with Crippen molar-refractivity contribution in [3.63, 3.8) is 0 Å². The molecule has 1 aromatic heterocycles. The summed E-state index contributed by atoms with van der Waals surface area (Å²) in [6.07, 6.45) is 3.72. The summed E-state index contributed by atoms with van der Waals surface area (Å²) >= 11 is 1.53. The molecule has 0 spiro atoms.